The molecule has 0 aliphatic carbocycles. The molecule has 0 aliphatic heterocycles. The molecule has 0 saturated heterocycles. The molecule has 1 unspecified atom stereocenters. The molecule has 1 amide bonds. The maximum atomic E-state index is 12.6. The Morgan fingerprint density at radius 3 is 2.76 bits per heavy atom. The van der Waals surface area contributed by atoms with Gasteiger partial charge in [0.1, 0.15) is 0 Å². The molecule has 0 aliphatic rings. The van der Waals surface area contributed by atoms with Gasteiger partial charge in [0.15, 0.2) is 10.8 Å². The van der Waals surface area contributed by atoms with Gasteiger partial charge in [-0.15, -0.1) is 10.2 Å². The Hall–Kier alpha value is -3.46. The highest BCUT2D eigenvalue weighted by molar-refractivity contribution is 8.00. The van der Waals surface area contributed by atoms with Crippen molar-refractivity contribution < 1.29 is 9.72 Å². The van der Waals surface area contributed by atoms with E-state index >= 15 is 0 Å². The Morgan fingerprint density at radius 1 is 1.17 bits per heavy atom. The Bertz CT molecular complexity index is 1250. The number of rotatable bonds is 5. The van der Waals surface area contributed by atoms with Gasteiger partial charge in [0, 0.05) is 23.2 Å². The van der Waals surface area contributed by atoms with Crippen LogP contribution in [0.25, 0.3) is 16.6 Å². The van der Waals surface area contributed by atoms with Crippen molar-refractivity contribution in [3.8, 4) is 0 Å². The zero-order chi connectivity index (χ0) is 20.5. The lowest BCUT2D eigenvalue weighted by Gasteiger charge is -2.12. The summed E-state index contributed by atoms with van der Waals surface area (Å²) in [7, 11) is 0. The van der Waals surface area contributed by atoms with E-state index < -0.39 is 10.2 Å². The largest absolute Gasteiger partial charge is 0.325 e. The van der Waals surface area contributed by atoms with Gasteiger partial charge in [-0.05, 0) is 37.6 Å². The fourth-order valence-electron chi connectivity index (χ4n) is 3.10. The van der Waals surface area contributed by atoms with Crippen LogP contribution in [0.2, 0.25) is 0 Å². The highest BCUT2D eigenvalue weighted by atomic mass is 32.2. The number of nitro benzene ring substituents is 1. The molecule has 0 fully saturated rings. The first-order valence-corrected chi connectivity index (χ1v) is 9.77. The molecule has 0 bridgehead atoms. The average Bonchev–Trinajstić information content (AvgIpc) is 3.10. The summed E-state index contributed by atoms with van der Waals surface area (Å²) < 4.78 is 1.93. The van der Waals surface area contributed by atoms with Crippen LogP contribution in [0, 0.1) is 17.0 Å². The molecular formula is C20H17N5O3S. The Kier molecular flexibility index (Phi) is 4.89. The van der Waals surface area contributed by atoms with Crippen molar-refractivity contribution in [2.24, 2.45) is 0 Å². The zero-order valence-electron chi connectivity index (χ0n) is 15.7. The molecule has 1 atom stereocenters. The molecule has 2 heterocycles. The molecule has 2 aromatic heterocycles. The second kappa shape index (κ2) is 7.51. The topological polar surface area (TPSA) is 102 Å². The number of thioether (sulfide) groups is 1. The van der Waals surface area contributed by atoms with Gasteiger partial charge >= 0.3 is 0 Å². The van der Waals surface area contributed by atoms with Crippen molar-refractivity contribution in [2.45, 2.75) is 24.3 Å². The van der Waals surface area contributed by atoms with E-state index in [1.807, 2.05) is 41.7 Å². The predicted molar refractivity (Wildman–Crippen MR) is 112 cm³/mol. The number of carbonyl (C=O) groups is 1. The number of nitro groups is 1. The predicted octanol–water partition coefficient (Wildman–Crippen LogP) is 4.22. The Morgan fingerprint density at radius 2 is 1.97 bits per heavy atom. The number of para-hydroxylation sites is 1. The Balaban J connectivity index is 1.60. The molecule has 0 spiro atoms. The first kappa shape index (κ1) is 18.9. The highest BCUT2D eigenvalue weighted by Crippen LogP contribution is 2.28. The van der Waals surface area contributed by atoms with Crippen molar-refractivity contribution in [2.75, 3.05) is 5.32 Å². The van der Waals surface area contributed by atoms with Crippen LogP contribution in [0.3, 0.4) is 0 Å². The lowest BCUT2D eigenvalue weighted by Crippen LogP contribution is -2.22. The Labute approximate surface area is 170 Å². The molecule has 8 nitrogen and oxygen atoms in total. The van der Waals surface area contributed by atoms with E-state index in [0.717, 1.165) is 22.1 Å². The third kappa shape index (κ3) is 3.64. The molecule has 0 saturated carbocycles. The van der Waals surface area contributed by atoms with Gasteiger partial charge in [-0.3, -0.25) is 19.3 Å². The number of hydrogen-bond donors (Lipinski definition) is 1. The van der Waals surface area contributed by atoms with Crippen LogP contribution in [0.5, 0.6) is 0 Å². The van der Waals surface area contributed by atoms with E-state index in [4.69, 9.17) is 0 Å². The zero-order valence-corrected chi connectivity index (χ0v) is 16.5. The number of anilines is 1. The smallest absolute Gasteiger partial charge is 0.271 e. The number of aromatic nitrogens is 3. The second-order valence-corrected chi connectivity index (χ2v) is 7.89. The lowest BCUT2D eigenvalue weighted by molar-refractivity contribution is -0.384. The number of aryl methyl sites for hydroxylation is 1. The van der Waals surface area contributed by atoms with Crippen LogP contribution in [0.1, 0.15) is 12.5 Å². The van der Waals surface area contributed by atoms with E-state index in [-0.39, 0.29) is 11.6 Å². The van der Waals surface area contributed by atoms with E-state index in [1.54, 1.807) is 13.0 Å². The quantitative estimate of drug-likeness (QED) is 0.302. The summed E-state index contributed by atoms with van der Waals surface area (Å²) in [5.74, 6) is -0.274. The molecule has 29 heavy (non-hydrogen) atoms. The molecule has 2 aromatic carbocycles. The van der Waals surface area contributed by atoms with Gasteiger partial charge in [-0.25, -0.2) is 0 Å². The van der Waals surface area contributed by atoms with Crippen molar-refractivity contribution in [3.63, 3.8) is 0 Å². The van der Waals surface area contributed by atoms with Crippen LogP contribution in [-0.2, 0) is 4.79 Å². The number of amides is 1. The monoisotopic (exact) mass is 407 g/mol. The second-order valence-electron chi connectivity index (χ2n) is 6.58. The number of benzene rings is 2. The third-order valence-corrected chi connectivity index (χ3v) is 5.59. The van der Waals surface area contributed by atoms with Gasteiger partial charge in [0.05, 0.1) is 15.7 Å². The standard InChI is InChI=1S/C20H17N5O3S/c1-12-10-18-22-23-20(24(18)17-9-4-3-8-16(12)17)29-13(2)19(26)21-14-6-5-7-15(11-14)25(27)28/h3-11,13H,1-2H3,(H,21,26). The maximum absolute atomic E-state index is 12.6. The van der Waals surface area contributed by atoms with Gasteiger partial charge in [-0.1, -0.05) is 36.0 Å². The lowest BCUT2D eigenvalue weighted by atomic mass is 10.1. The van der Waals surface area contributed by atoms with Gasteiger partial charge in [0.2, 0.25) is 5.91 Å². The van der Waals surface area contributed by atoms with Crippen LogP contribution >= 0.6 is 11.8 Å². The summed E-state index contributed by atoms with van der Waals surface area (Å²) in [5, 5.41) is 23.4. The minimum absolute atomic E-state index is 0.0756. The van der Waals surface area contributed by atoms with Crippen LogP contribution in [0.4, 0.5) is 11.4 Å². The van der Waals surface area contributed by atoms with Gasteiger partial charge in [-0.2, -0.15) is 0 Å². The summed E-state index contributed by atoms with van der Waals surface area (Å²) in [6, 6.07) is 15.8. The van der Waals surface area contributed by atoms with Crippen molar-refractivity contribution in [1.29, 1.82) is 0 Å². The van der Waals surface area contributed by atoms with Crippen molar-refractivity contribution in [1.82, 2.24) is 14.6 Å². The molecule has 0 radical (unpaired) electrons. The van der Waals surface area contributed by atoms with Crippen LogP contribution < -0.4 is 5.32 Å². The first-order valence-electron chi connectivity index (χ1n) is 8.89. The SMILES string of the molecule is Cc1cc2nnc(SC(C)C(=O)Nc3cccc([N+](=O)[O-])c3)n2c2ccccc12. The van der Waals surface area contributed by atoms with Gasteiger partial charge in [0.25, 0.3) is 5.69 Å². The molecule has 4 aromatic rings. The van der Waals surface area contributed by atoms with E-state index in [2.05, 4.69) is 15.5 Å². The number of pyridine rings is 1. The summed E-state index contributed by atoms with van der Waals surface area (Å²) in [6.45, 7) is 3.79. The normalized spacial score (nSPS) is 12.2. The van der Waals surface area contributed by atoms with Crippen molar-refractivity contribution >= 4 is 45.6 Å². The molecule has 1 N–H and O–H groups in total. The fourth-order valence-corrected chi connectivity index (χ4v) is 3.97. The van der Waals surface area contributed by atoms with E-state index in [0.29, 0.717) is 10.8 Å². The maximum Gasteiger partial charge on any atom is 0.271 e. The fraction of sp³-hybridized carbons (Fsp3) is 0.150. The van der Waals surface area contributed by atoms with E-state index in [9.17, 15) is 14.9 Å². The van der Waals surface area contributed by atoms with Crippen LogP contribution in [-0.4, -0.2) is 30.7 Å². The van der Waals surface area contributed by atoms with E-state index in [1.165, 1.54) is 30.0 Å². The summed E-state index contributed by atoms with van der Waals surface area (Å²) in [4.78, 5) is 23.0. The number of hydrogen-bond acceptors (Lipinski definition) is 6. The number of nitrogens with zero attached hydrogens (tertiary/aromatic N) is 4. The van der Waals surface area contributed by atoms with Gasteiger partial charge < -0.3 is 5.32 Å². The summed E-state index contributed by atoms with van der Waals surface area (Å²) >= 11 is 1.28. The molecule has 9 heteroatoms. The highest BCUT2D eigenvalue weighted by Gasteiger charge is 2.20. The summed E-state index contributed by atoms with van der Waals surface area (Å²) in [5.41, 5.74) is 3.10. The summed E-state index contributed by atoms with van der Waals surface area (Å²) in [6.07, 6.45) is 0. The average molecular weight is 407 g/mol. The number of fused-ring (bicyclic) bond motifs is 3. The van der Waals surface area contributed by atoms with Crippen molar-refractivity contribution in [3.05, 3.63) is 70.3 Å². The minimum Gasteiger partial charge on any atom is -0.325 e. The number of nitrogens with one attached hydrogen (secondary N) is 1. The minimum atomic E-state index is -0.497. The third-order valence-electron chi connectivity index (χ3n) is 4.55. The number of non-ortho nitro benzene ring substituents is 1. The molecular weight excluding hydrogens is 390 g/mol. The molecule has 4 rings (SSSR count). The number of carbonyl (C=O) groups excluding carboxylic acids is 1. The van der Waals surface area contributed by atoms with Crippen LogP contribution in [0.15, 0.2) is 59.8 Å². The molecule has 146 valence electrons. The first-order chi connectivity index (χ1) is 13.9.